The van der Waals surface area contributed by atoms with Crippen molar-refractivity contribution in [3.63, 3.8) is 0 Å². The molecule has 3 amide bonds. The number of hydrogen-bond donors (Lipinski definition) is 3. The number of aromatic nitrogens is 1. The lowest BCUT2D eigenvalue weighted by Crippen LogP contribution is -2.27. The third-order valence-electron chi connectivity index (χ3n) is 6.65. The summed E-state index contributed by atoms with van der Waals surface area (Å²) in [6.45, 7) is 4.44. The molecule has 3 aromatic carbocycles. The first-order valence-corrected chi connectivity index (χ1v) is 13.7. The zero-order chi connectivity index (χ0) is 31.3. The maximum atomic E-state index is 13.2. The normalized spacial score (nSPS) is 11.5. The van der Waals surface area contributed by atoms with Crippen LogP contribution in [0.5, 0.6) is 0 Å². The van der Waals surface area contributed by atoms with Gasteiger partial charge in [-0.25, -0.2) is 0 Å². The molecule has 0 aliphatic heterocycles. The second-order valence-corrected chi connectivity index (χ2v) is 10.5. The Labute approximate surface area is 251 Å². The van der Waals surface area contributed by atoms with Gasteiger partial charge in [-0.2, -0.15) is 13.2 Å². The molecule has 0 bridgehead atoms. The maximum Gasteiger partial charge on any atom is 0.416 e. The number of carbonyl (C=O) groups is 3. The van der Waals surface area contributed by atoms with Crippen LogP contribution in [0.1, 0.15) is 45.8 Å². The number of anilines is 2. The van der Waals surface area contributed by atoms with E-state index in [0.717, 1.165) is 12.1 Å². The van der Waals surface area contributed by atoms with Gasteiger partial charge in [0.2, 0.25) is 5.91 Å². The van der Waals surface area contributed by atoms with E-state index in [1.165, 1.54) is 19.2 Å². The minimum Gasteiger partial charge on any atom is -0.383 e. The summed E-state index contributed by atoms with van der Waals surface area (Å²) in [5.74, 6) is -1.27. The molecule has 0 saturated carbocycles. The Morgan fingerprint density at radius 2 is 1.58 bits per heavy atom. The zero-order valence-corrected chi connectivity index (χ0v) is 24.4. The van der Waals surface area contributed by atoms with Crippen molar-refractivity contribution in [1.82, 2.24) is 9.88 Å². The molecule has 0 fully saturated rings. The molecule has 8 nitrogen and oxygen atoms in total. The first kappa shape index (κ1) is 31.6. The topological polar surface area (TPSA) is 101 Å². The third kappa shape index (κ3) is 7.74. The molecule has 0 saturated heterocycles. The Bertz CT molecular complexity index is 1650. The van der Waals surface area contributed by atoms with Crippen LogP contribution in [0.15, 0.2) is 66.7 Å². The summed E-state index contributed by atoms with van der Waals surface area (Å²) >= 11 is 6.31. The first-order valence-electron chi connectivity index (χ1n) is 13.4. The summed E-state index contributed by atoms with van der Waals surface area (Å²) in [7, 11) is 1.53. The van der Waals surface area contributed by atoms with Crippen molar-refractivity contribution in [2.75, 3.05) is 24.4 Å². The quantitative estimate of drug-likeness (QED) is 0.184. The molecule has 4 rings (SSSR count). The van der Waals surface area contributed by atoms with Crippen LogP contribution in [0.2, 0.25) is 5.02 Å². The van der Waals surface area contributed by atoms with Gasteiger partial charge < -0.3 is 25.3 Å². The molecule has 226 valence electrons. The van der Waals surface area contributed by atoms with Crippen molar-refractivity contribution in [1.29, 1.82) is 0 Å². The molecule has 0 aliphatic rings. The van der Waals surface area contributed by atoms with Gasteiger partial charge in [-0.1, -0.05) is 31.5 Å². The number of ether oxygens (including phenoxy) is 1. The number of fused-ring (bicyclic) bond motifs is 1. The molecule has 12 heteroatoms. The van der Waals surface area contributed by atoms with Crippen LogP contribution in [0, 0.1) is 5.92 Å². The highest BCUT2D eigenvalue weighted by atomic mass is 35.5. The van der Waals surface area contributed by atoms with E-state index < -0.39 is 23.6 Å². The number of amides is 3. The van der Waals surface area contributed by atoms with Gasteiger partial charge >= 0.3 is 6.18 Å². The van der Waals surface area contributed by atoms with Crippen LogP contribution in [-0.4, -0.2) is 36.0 Å². The Balaban J connectivity index is 1.56. The lowest BCUT2D eigenvalue weighted by Gasteiger charge is -2.12. The van der Waals surface area contributed by atoms with Crippen molar-refractivity contribution in [3.8, 4) is 0 Å². The summed E-state index contributed by atoms with van der Waals surface area (Å²) in [6.07, 6.45) is -4.48. The van der Waals surface area contributed by atoms with E-state index in [2.05, 4.69) is 16.0 Å². The van der Waals surface area contributed by atoms with E-state index in [9.17, 15) is 27.6 Å². The SMILES string of the molecule is COCCn1c(C(=O)Nc2ccc(C(F)(F)F)cc2)cc2cc(NC(=O)c3cc(CNC(=O)C(C)C)ccc3Cl)ccc21. The van der Waals surface area contributed by atoms with Gasteiger partial charge in [0, 0.05) is 48.4 Å². The second-order valence-electron chi connectivity index (χ2n) is 10.1. The van der Waals surface area contributed by atoms with Gasteiger partial charge in [0.15, 0.2) is 0 Å². The Morgan fingerprint density at radius 1 is 0.907 bits per heavy atom. The first-order chi connectivity index (χ1) is 20.4. The predicted octanol–water partition coefficient (Wildman–Crippen LogP) is 6.74. The largest absolute Gasteiger partial charge is 0.416 e. The molecule has 1 heterocycles. The van der Waals surface area contributed by atoms with E-state index in [0.29, 0.717) is 35.3 Å². The van der Waals surface area contributed by atoms with Crippen molar-refractivity contribution in [2.24, 2.45) is 5.92 Å². The molecular formula is C31H30ClF3N4O4. The molecule has 0 radical (unpaired) electrons. The Hall–Kier alpha value is -4.35. The lowest BCUT2D eigenvalue weighted by atomic mass is 10.1. The van der Waals surface area contributed by atoms with Crippen LogP contribution < -0.4 is 16.0 Å². The molecule has 0 aliphatic carbocycles. The van der Waals surface area contributed by atoms with Crippen molar-refractivity contribution < 1.29 is 32.3 Å². The van der Waals surface area contributed by atoms with E-state index in [4.69, 9.17) is 16.3 Å². The molecule has 3 N–H and O–H groups in total. The molecule has 43 heavy (non-hydrogen) atoms. The number of carbonyl (C=O) groups excluding carboxylic acids is 3. The molecule has 0 unspecified atom stereocenters. The number of rotatable bonds is 10. The average molecular weight is 615 g/mol. The monoisotopic (exact) mass is 614 g/mol. The second kappa shape index (κ2) is 13.3. The standard InChI is InChI=1S/C31H30ClF3N4O4/c1-18(2)28(40)36-17-19-4-10-25(32)24(14-19)29(41)38-23-9-11-26-20(15-23)16-27(39(26)12-13-43-3)30(42)37-22-7-5-21(6-8-22)31(33,34)35/h4-11,14-16,18H,12-13,17H2,1-3H3,(H,36,40)(H,37,42)(H,38,41). The fourth-order valence-electron chi connectivity index (χ4n) is 4.35. The van der Waals surface area contributed by atoms with Crippen molar-refractivity contribution >= 4 is 51.6 Å². The number of methoxy groups -OCH3 is 1. The highest BCUT2D eigenvalue weighted by Gasteiger charge is 2.30. The van der Waals surface area contributed by atoms with E-state index in [-0.39, 0.29) is 40.3 Å². The summed E-state index contributed by atoms with van der Waals surface area (Å²) in [5.41, 5.74) is 1.72. The maximum absolute atomic E-state index is 13.2. The average Bonchev–Trinajstić information content (AvgIpc) is 3.32. The van der Waals surface area contributed by atoms with Crippen LogP contribution >= 0.6 is 11.6 Å². The number of nitrogens with zero attached hydrogens (tertiary/aromatic N) is 1. The van der Waals surface area contributed by atoms with Crippen LogP contribution in [0.4, 0.5) is 24.5 Å². The minimum absolute atomic E-state index is 0.112. The van der Waals surface area contributed by atoms with E-state index >= 15 is 0 Å². The molecular weight excluding hydrogens is 585 g/mol. The summed E-state index contributed by atoms with van der Waals surface area (Å²) in [4.78, 5) is 38.3. The lowest BCUT2D eigenvalue weighted by molar-refractivity contribution is -0.137. The number of benzene rings is 3. The number of alkyl halides is 3. The molecule has 0 atom stereocenters. The highest BCUT2D eigenvalue weighted by Crippen LogP contribution is 2.30. The van der Waals surface area contributed by atoms with Crippen LogP contribution in [0.3, 0.4) is 0 Å². The van der Waals surface area contributed by atoms with E-state index in [1.807, 2.05) is 0 Å². The van der Waals surface area contributed by atoms with Gasteiger partial charge in [-0.15, -0.1) is 0 Å². The number of halogens is 4. The zero-order valence-electron chi connectivity index (χ0n) is 23.6. The van der Waals surface area contributed by atoms with Gasteiger partial charge in [0.25, 0.3) is 11.8 Å². The third-order valence-corrected chi connectivity index (χ3v) is 6.98. The molecule has 1 aromatic heterocycles. The van der Waals surface area contributed by atoms with Crippen LogP contribution in [0.25, 0.3) is 10.9 Å². The van der Waals surface area contributed by atoms with Gasteiger partial charge in [-0.05, 0) is 66.2 Å². The molecule has 0 spiro atoms. The Kier molecular flexibility index (Phi) is 9.77. The fourth-order valence-corrected chi connectivity index (χ4v) is 4.55. The minimum atomic E-state index is -4.48. The van der Waals surface area contributed by atoms with Gasteiger partial charge in [-0.3, -0.25) is 14.4 Å². The summed E-state index contributed by atoms with van der Waals surface area (Å²) < 4.78 is 45.7. The van der Waals surface area contributed by atoms with Gasteiger partial charge in [0.1, 0.15) is 5.69 Å². The molecule has 4 aromatic rings. The van der Waals surface area contributed by atoms with Crippen molar-refractivity contribution in [2.45, 2.75) is 33.1 Å². The summed E-state index contributed by atoms with van der Waals surface area (Å²) in [5, 5.41) is 9.15. The van der Waals surface area contributed by atoms with Crippen molar-refractivity contribution in [3.05, 3.63) is 94.1 Å². The highest BCUT2D eigenvalue weighted by molar-refractivity contribution is 6.34. The summed E-state index contributed by atoms with van der Waals surface area (Å²) in [6, 6.07) is 15.9. The fraction of sp³-hybridized carbons (Fsp3) is 0.258. The van der Waals surface area contributed by atoms with E-state index in [1.54, 1.807) is 60.9 Å². The van der Waals surface area contributed by atoms with Gasteiger partial charge in [0.05, 0.1) is 22.8 Å². The Morgan fingerprint density at radius 3 is 2.23 bits per heavy atom. The van der Waals surface area contributed by atoms with Crippen LogP contribution in [-0.2, 0) is 28.8 Å². The smallest absolute Gasteiger partial charge is 0.383 e. The number of hydrogen-bond acceptors (Lipinski definition) is 4. The number of nitrogens with one attached hydrogen (secondary N) is 3. The predicted molar refractivity (Wildman–Crippen MR) is 159 cm³/mol.